The van der Waals surface area contributed by atoms with Crippen molar-refractivity contribution >= 4 is 11.8 Å². The smallest absolute Gasteiger partial charge is 0.0172 e. The highest BCUT2D eigenvalue weighted by Gasteiger charge is 2.18. The van der Waals surface area contributed by atoms with E-state index in [4.69, 9.17) is 0 Å². The highest BCUT2D eigenvalue weighted by atomic mass is 32.2. The van der Waals surface area contributed by atoms with E-state index in [0.29, 0.717) is 0 Å². The lowest BCUT2D eigenvalue weighted by atomic mass is 9.85. The third kappa shape index (κ3) is 5.66. The number of allylic oxidation sites excluding steroid dienone is 3. The van der Waals surface area contributed by atoms with E-state index in [0.717, 1.165) is 11.8 Å². The Bertz CT molecular complexity index is 316. The fraction of sp³-hybridized carbons (Fsp3) is 0.688. The van der Waals surface area contributed by atoms with Crippen molar-refractivity contribution in [2.45, 2.75) is 59.8 Å². The molecule has 0 radical (unpaired) electrons. The molecule has 0 heterocycles. The van der Waals surface area contributed by atoms with Gasteiger partial charge in [-0.2, -0.15) is 0 Å². The topological polar surface area (TPSA) is 0 Å². The molecule has 1 aliphatic rings. The molecule has 0 N–H and O–H groups in total. The van der Waals surface area contributed by atoms with Crippen LogP contribution in [0.3, 0.4) is 0 Å². The van der Waals surface area contributed by atoms with Gasteiger partial charge in [-0.3, -0.25) is 0 Å². The molecule has 0 saturated carbocycles. The number of thioether (sulfide) groups is 1. The van der Waals surface area contributed by atoms with E-state index in [1.165, 1.54) is 32.1 Å². The van der Waals surface area contributed by atoms with Gasteiger partial charge in [0.2, 0.25) is 0 Å². The van der Waals surface area contributed by atoms with Crippen molar-refractivity contribution in [2.24, 2.45) is 11.8 Å². The van der Waals surface area contributed by atoms with Crippen LogP contribution in [0.25, 0.3) is 0 Å². The van der Waals surface area contributed by atoms with E-state index in [-0.39, 0.29) is 0 Å². The Morgan fingerprint density at radius 1 is 1.47 bits per heavy atom. The Kier molecular flexibility index (Phi) is 6.77. The minimum Gasteiger partial charge on any atom is -0.118 e. The molecule has 1 unspecified atom stereocenters. The quantitative estimate of drug-likeness (QED) is 0.546. The van der Waals surface area contributed by atoms with Gasteiger partial charge in [0.25, 0.3) is 0 Å². The molecular formula is C16H26S. The van der Waals surface area contributed by atoms with Crippen LogP contribution in [0.5, 0.6) is 0 Å². The number of hydrogen-bond donors (Lipinski definition) is 0. The van der Waals surface area contributed by atoms with Crippen LogP contribution in [-0.2, 0) is 0 Å². The molecular weight excluding hydrogens is 224 g/mol. The summed E-state index contributed by atoms with van der Waals surface area (Å²) in [5.74, 6) is 1.79. The van der Waals surface area contributed by atoms with Crippen LogP contribution < -0.4 is 0 Å². The van der Waals surface area contributed by atoms with Crippen LogP contribution >= 0.6 is 11.8 Å². The molecule has 0 aliphatic heterocycles. The summed E-state index contributed by atoms with van der Waals surface area (Å²) in [7, 11) is 0. The maximum atomic E-state index is 3.15. The van der Waals surface area contributed by atoms with Gasteiger partial charge in [-0.05, 0) is 62.3 Å². The largest absolute Gasteiger partial charge is 0.118 e. The van der Waals surface area contributed by atoms with Crippen molar-refractivity contribution in [1.29, 1.82) is 0 Å². The first-order valence-electron chi connectivity index (χ1n) is 6.84. The van der Waals surface area contributed by atoms with E-state index < -0.39 is 0 Å². The van der Waals surface area contributed by atoms with Crippen molar-refractivity contribution in [3.05, 3.63) is 27.7 Å². The summed E-state index contributed by atoms with van der Waals surface area (Å²) in [5.41, 5.74) is 4.76. The second kappa shape index (κ2) is 7.84. The molecule has 0 aromatic heterocycles. The molecule has 1 aliphatic carbocycles. The van der Waals surface area contributed by atoms with Crippen molar-refractivity contribution in [2.75, 3.05) is 0 Å². The predicted octanol–water partition coefficient (Wildman–Crippen LogP) is 5.92. The fourth-order valence-electron chi connectivity index (χ4n) is 2.35. The normalized spacial score (nSPS) is 20.4. The summed E-state index contributed by atoms with van der Waals surface area (Å²) in [6, 6.07) is 0. The minimum absolute atomic E-state index is 0.854. The molecule has 1 atom stereocenters. The first kappa shape index (κ1) is 14.7. The average Bonchev–Trinajstić information content (AvgIpc) is 2.29. The molecule has 17 heavy (non-hydrogen) atoms. The average molecular weight is 250 g/mol. The van der Waals surface area contributed by atoms with Gasteiger partial charge in [0.15, 0.2) is 0 Å². The van der Waals surface area contributed by atoms with Gasteiger partial charge < -0.3 is 0 Å². The van der Waals surface area contributed by atoms with Crippen molar-refractivity contribution in [3.63, 3.8) is 0 Å². The molecule has 1 heteroatoms. The van der Waals surface area contributed by atoms with Gasteiger partial charge in [0.05, 0.1) is 0 Å². The van der Waals surface area contributed by atoms with Gasteiger partial charge >= 0.3 is 0 Å². The van der Waals surface area contributed by atoms with Gasteiger partial charge in [-0.1, -0.05) is 37.6 Å². The second-order valence-electron chi connectivity index (χ2n) is 5.47. The highest BCUT2D eigenvalue weighted by molar-refractivity contribution is 8.05. The van der Waals surface area contributed by atoms with E-state index in [2.05, 4.69) is 31.9 Å². The zero-order valence-electron chi connectivity index (χ0n) is 11.8. The summed E-state index contributed by atoms with van der Waals surface area (Å²) in [4.78, 5) is 1.58. The monoisotopic (exact) mass is 250 g/mol. The van der Waals surface area contributed by atoms with E-state index >= 15 is 0 Å². The van der Waals surface area contributed by atoms with Crippen LogP contribution in [0, 0.1) is 11.8 Å². The first-order chi connectivity index (χ1) is 8.13. The van der Waals surface area contributed by atoms with Crippen LogP contribution in [-0.4, -0.2) is 0 Å². The van der Waals surface area contributed by atoms with E-state index in [9.17, 15) is 0 Å². The maximum absolute atomic E-state index is 3.15. The zero-order chi connectivity index (χ0) is 12.7. The number of hydrogen-bond acceptors (Lipinski definition) is 1. The lowest BCUT2D eigenvalue weighted by Gasteiger charge is -2.25. The Morgan fingerprint density at radius 2 is 2.24 bits per heavy atom. The van der Waals surface area contributed by atoms with Crippen LogP contribution in [0.4, 0.5) is 0 Å². The summed E-state index contributed by atoms with van der Waals surface area (Å²) in [6.45, 7) is 8.98. The van der Waals surface area contributed by atoms with E-state index in [1.807, 2.05) is 24.8 Å². The van der Waals surface area contributed by atoms with Crippen molar-refractivity contribution in [1.82, 2.24) is 0 Å². The van der Waals surface area contributed by atoms with Gasteiger partial charge in [0.1, 0.15) is 0 Å². The van der Waals surface area contributed by atoms with Crippen LogP contribution in [0.1, 0.15) is 59.8 Å². The molecule has 0 bridgehead atoms. The molecule has 1 rings (SSSR count). The third-order valence-corrected chi connectivity index (χ3v) is 4.53. The van der Waals surface area contributed by atoms with Gasteiger partial charge in [0, 0.05) is 5.41 Å². The lowest BCUT2D eigenvalue weighted by Crippen LogP contribution is -2.09. The molecule has 0 fully saturated rings. The third-order valence-electron chi connectivity index (χ3n) is 3.44. The summed E-state index contributed by atoms with van der Waals surface area (Å²) in [5, 5.41) is 2.09. The summed E-state index contributed by atoms with van der Waals surface area (Å²) < 4.78 is 0. The first-order valence-corrected chi connectivity index (χ1v) is 7.72. The Hall–Kier alpha value is -0.390. The van der Waals surface area contributed by atoms with Gasteiger partial charge in [-0.15, -0.1) is 5.73 Å². The molecule has 0 aromatic rings. The zero-order valence-corrected chi connectivity index (χ0v) is 12.6. The second-order valence-corrected chi connectivity index (χ2v) is 6.44. The van der Waals surface area contributed by atoms with Crippen molar-refractivity contribution < 1.29 is 0 Å². The molecule has 0 amide bonds. The molecule has 96 valence electrons. The molecule has 0 saturated heterocycles. The minimum atomic E-state index is 0.854. The molecule has 0 aromatic carbocycles. The highest BCUT2D eigenvalue weighted by Crippen LogP contribution is 2.38. The van der Waals surface area contributed by atoms with Crippen LogP contribution in [0.2, 0.25) is 0 Å². The Balaban J connectivity index is 2.45. The SMILES string of the molecule is CC=C=CSC1=C(C)CC(CCC(C)C)CC1. The summed E-state index contributed by atoms with van der Waals surface area (Å²) in [6.07, 6.45) is 8.75. The molecule has 0 nitrogen and oxygen atoms in total. The maximum Gasteiger partial charge on any atom is 0.0172 e. The number of rotatable bonds is 5. The molecule has 0 spiro atoms. The predicted molar refractivity (Wildman–Crippen MR) is 80.0 cm³/mol. The Labute approximate surface area is 111 Å². The van der Waals surface area contributed by atoms with E-state index in [1.54, 1.807) is 10.5 Å². The standard InChI is InChI=1S/C16H26S/c1-5-6-11-17-16-10-9-15(12-14(16)4)8-7-13(2)3/h5,11,13,15H,7-10,12H2,1-4H3. The van der Waals surface area contributed by atoms with Crippen molar-refractivity contribution in [3.8, 4) is 0 Å². The fourth-order valence-corrected chi connectivity index (χ4v) is 3.21. The lowest BCUT2D eigenvalue weighted by molar-refractivity contribution is 0.387. The van der Waals surface area contributed by atoms with Gasteiger partial charge in [-0.25, -0.2) is 0 Å². The van der Waals surface area contributed by atoms with Crippen LogP contribution in [0.15, 0.2) is 27.7 Å². The summed E-state index contributed by atoms with van der Waals surface area (Å²) >= 11 is 1.87. The Morgan fingerprint density at radius 3 is 2.82 bits per heavy atom.